The molecule has 1 N–H and O–H groups in total. The molecule has 3 unspecified atom stereocenters. The Bertz CT molecular complexity index is 611. The van der Waals surface area contributed by atoms with E-state index in [1.165, 1.54) is 4.90 Å². The number of carboxylic acid groups (broad SMARTS) is 1. The van der Waals surface area contributed by atoms with E-state index in [1.807, 2.05) is 24.3 Å². The second-order valence-electron chi connectivity index (χ2n) is 6.40. The quantitative estimate of drug-likeness (QED) is 0.886. The molecule has 2 heterocycles. The average molecular weight is 333 g/mol. The molecule has 1 aromatic rings. The van der Waals surface area contributed by atoms with Gasteiger partial charge in [0.25, 0.3) is 5.91 Å². The zero-order valence-electron chi connectivity index (χ0n) is 13.8. The summed E-state index contributed by atoms with van der Waals surface area (Å²) in [5.41, 5.74) is 1.98. The molecular formula is C18H23NO5. The third-order valence-corrected chi connectivity index (χ3v) is 4.72. The molecule has 6 heteroatoms. The van der Waals surface area contributed by atoms with Gasteiger partial charge in [-0.2, -0.15) is 0 Å². The number of hydrogen-bond acceptors (Lipinski definition) is 4. The standard InChI is InChI=1S/C18H23NO5/c1-12(24-11-15-7-4-8-23-15)17(20)19-10-14-6-3-2-5-13(14)9-16(19)18(21)22/h2-3,5-6,12,15-16H,4,7-11H2,1H3,(H,21,22). The summed E-state index contributed by atoms with van der Waals surface area (Å²) in [7, 11) is 0. The lowest BCUT2D eigenvalue weighted by Gasteiger charge is -2.36. The van der Waals surface area contributed by atoms with Gasteiger partial charge < -0.3 is 19.5 Å². The van der Waals surface area contributed by atoms with Crippen LogP contribution in [0.1, 0.15) is 30.9 Å². The monoisotopic (exact) mass is 333 g/mol. The lowest BCUT2D eigenvalue weighted by molar-refractivity contribution is -0.158. The highest BCUT2D eigenvalue weighted by Gasteiger charge is 2.36. The Kier molecular flexibility index (Phi) is 5.16. The maximum Gasteiger partial charge on any atom is 0.326 e. The number of amides is 1. The zero-order valence-corrected chi connectivity index (χ0v) is 13.8. The van der Waals surface area contributed by atoms with Crippen LogP contribution in [0.25, 0.3) is 0 Å². The molecule has 2 aliphatic rings. The number of ether oxygens (including phenoxy) is 2. The molecule has 1 fully saturated rings. The first-order chi connectivity index (χ1) is 11.6. The van der Waals surface area contributed by atoms with Gasteiger partial charge in [0.05, 0.1) is 12.7 Å². The molecule has 130 valence electrons. The van der Waals surface area contributed by atoms with Crippen molar-refractivity contribution in [2.75, 3.05) is 13.2 Å². The maximum absolute atomic E-state index is 12.7. The van der Waals surface area contributed by atoms with Crippen LogP contribution >= 0.6 is 0 Å². The van der Waals surface area contributed by atoms with Crippen LogP contribution in [0, 0.1) is 0 Å². The van der Waals surface area contributed by atoms with Crippen molar-refractivity contribution in [1.29, 1.82) is 0 Å². The van der Waals surface area contributed by atoms with Crippen LogP contribution in [0.15, 0.2) is 24.3 Å². The summed E-state index contributed by atoms with van der Waals surface area (Å²) in [6.45, 7) is 3.09. The molecular weight excluding hydrogens is 310 g/mol. The maximum atomic E-state index is 12.7. The van der Waals surface area contributed by atoms with E-state index in [1.54, 1.807) is 6.92 Å². The second kappa shape index (κ2) is 7.32. The Hall–Kier alpha value is -1.92. The molecule has 0 bridgehead atoms. The van der Waals surface area contributed by atoms with Crippen LogP contribution in [0.2, 0.25) is 0 Å². The minimum Gasteiger partial charge on any atom is -0.480 e. The van der Waals surface area contributed by atoms with Gasteiger partial charge in [0.15, 0.2) is 0 Å². The predicted molar refractivity (Wildman–Crippen MR) is 86.5 cm³/mol. The Labute approximate surface area is 141 Å². The van der Waals surface area contributed by atoms with Crippen molar-refractivity contribution in [1.82, 2.24) is 4.90 Å². The van der Waals surface area contributed by atoms with Gasteiger partial charge in [0.2, 0.25) is 0 Å². The highest BCUT2D eigenvalue weighted by molar-refractivity contribution is 5.87. The highest BCUT2D eigenvalue weighted by Crippen LogP contribution is 2.24. The topological polar surface area (TPSA) is 76.1 Å². The fourth-order valence-corrected chi connectivity index (χ4v) is 3.31. The minimum absolute atomic E-state index is 0.0394. The third-order valence-electron chi connectivity index (χ3n) is 4.72. The summed E-state index contributed by atoms with van der Waals surface area (Å²) in [5, 5.41) is 9.51. The zero-order chi connectivity index (χ0) is 17.1. The van der Waals surface area contributed by atoms with Gasteiger partial charge in [-0.15, -0.1) is 0 Å². The van der Waals surface area contributed by atoms with Crippen molar-refractivity contribution < 1.29 is 24.2 Å². The molecule has 0 radical (unpaired) electrons. The van der Waals surface area contributed by atoms with Crippen LogP contribution in [-0.2, 0) is 32.0 Å². The first-order valence-electron chi connectivity index (χ1n) is 8.39. The van der Waals surface area contributed by atoms with E-state index in [9.17, 15) is 14.7 Å². The number of aliphatic carboxylic acids is 1. The van der Waals surface area contributed by atoms with E-state index in [-0.39, 0.29) is 12.0 Å². The van der Waals surface area contributed by atoms with Crippen LogP contribution in [0.3, 0.4) is 0 Å². The van der Waals surface area contributed by atoms with Crippen molar-refractivity contribution in [3.63, 3.8) is 0 Å². The molecule has 0 saturated carbocycles. The molecule has 0 aliphatic carbocycles. The van der Waals surface area contributed by atoms with Gasteiger partial charge in [-0.3, -0.25) is 4.79 Å². The molecule has 1 saturated heterocycles. The third kappa shape index (κ3) is 3.60. The van der Waals surface area contributed by atoms with E-state index in [4.69, 9.17) is 9.47 Å². The van der Waals surface area contributed by atoms with Gasteiger partial charge >= 0.3 is 5.97 Å². The fourth-order valence-electron chi connectivity index (χ4n) is 3.31. The van der Waals surface area contributed by atoms with Gasteiger partial charge in [-0.25, -0.2) is 4.79 Å². The lowest BCUT2D eigenvalue weighted by Crippen LogP contribution is -2.52. The first-order valence-corrected chi connectivity index (χ1v) is 8.39. The summed E-state index contributed by atoms with van der Waals surface area (Å²) >= 11 is 0. The Balaban J connectivity index is 1.68. The molecule has 0 aromatic heterocycles. The summed E-state index contributed by atoms with van der Waals surface area (Å²) in [6.07, 6.45) is 1.64. The van der Waals surface area contributed by atoms with E-state index in [2.05, 4.69) is 0 Å². The normalized spacial score (nSPS) is 24.5. The van der Waals surface area contributed by atoms with Gasteiger partial charge in [-0.05, 0) is 30.9 Å². The van der Waals surface area contributed by atoms with E-state index in [0.717, 1.165) is 30.6 Å². The number of hydrogen-bond donors (Lipinski definition) is 1. The second-order valence-corrected chi connectivity index (χ2v) is 6.40. The summed E-state index contributed by atoms with van der Waals surface area (Å²) in [4.78, 5) is 25.8. The van der Waals surface area contributed by atoms with Crippen molar-refractivity contribution >= 4 is 11.9 Å². The van der Waals surface area contributed by atoms with E-state index >= 15 is 0 Å². The fraction of sp³-hybridized carbons (Fsp3) is 0.556. The number of carbonyl (C=O) groups is 2. The van der Waals surface area contributed by atoms with Crippen LogP contribution in [-0.4, -0.2) is 53.3 Å². The lowest BCUT2D eigenvalue weighted by atomic mass is 9.93. The molecule has 3 atom stereocenters. The van der Waals surface area contributed by atoms with Crippen LogP contribution < -0.4 is 0 Å². The van der Waals surface area contributed by atoms with Crippen molar-refractivity contribution in [3.05, 3.63) is 35.4 Å². The van der Waals surface area contributed by atoms with E-state index in [0.29, 0.717) is 19.6 Å². The summed E-state index contributed by atoms with van der Waals surface area (Å²) < 4.78 is 11.1. The van der Waals surface area contributed by atoms with Crippen molar-refractivity contribution in [3.8, 4) is 0 Å². The Morgan fingerprint density at radius 3 is 2.79 bits per heavy atom. The summed E-state index contributed by atoms with van der Waals surface area (Å²) in [6, 6.07) is 6.81. The molecule has 2 aliphatic heterocycles. The Morgan fingerprint density at radius 2 is 2.12 bits per heavy atom. The largest absolute Gasteiger partial charge is 0.480 e. The van der Waals surface area contributed by atoms with Crippen molar-refractivity contribution in [2.24, 2.45) is 0 Å². The molecule has 1 amide bonds. The number of carboxylic acids is 1. The number of rotatable bonds is 5. The molecule has 24 heavy (non-hydrogen) atoms. The molecule has 3 rings (SSSR count). The smallest absolute Gasteiger partial charge is 0.326 e. The van der Waals surface area contributed by atoms with E-state index < -0.39 is 18.1 Å². The average Bonchev–Trinajstić information content (AvgIpc) is 3.11. The SMILES string of the molecule is CC(OCC1CCCO1)C(=O)N1Cc2ccccc2CC1C(=O)O. The first kappa shape index (κ1) is 16.9. The van der Waals surface area contributed by atoms with Crippen LogP contribution in [0.4, 0.5) is 0 Å². The minimum atomic E-state index is -0.982. The predicted octanol–water partition coefficient (Wildman–Crippen LogP) is 1.61. The van der Waals surface area contributed by atoms with Crippen LogP contribution in [0.5, 0.6) is 0 Å². The number of fused-ring (bicyclic) bond motifs is 1. The molecule has 6 nitrogen and oxygen atoms in total. The highest BCUT2D eigenvalue weighted by atomic mass is 16.5. The Morgan fingerprint density at radius 1 is 1.38 bits per heavy atom. The van der Waals surface area contributed by atoms with Gasteiger partial charge in [-0.1, -0.05) is 24.3 Å². The van der Waals surface area contributed by atoms with Crippen molar-refractivity contribution in [2.45, 2.75) is 51.0 Å². The number of benzene rings is 1. The number of nitrogens with zero attached hydrogens (tertiary/aromatic N) is 1. The summed E-state index contributed by atoms with van der Waals surface area (Å²) in [5.74, 6) is -1.26. The van der Waals surface area contributed by atoms with Gasteiger partial charge in [0.1, 0.15) is 12.1 Å². The molecule has 1 aromatic carbocycles. The number of carbonyl (C=O) groups excluding carboxylic acids is 1. The molecule has 0 spiro atoms. The van der Waals surface area contributed by atoms with Gasteiger partial charge in [0, 0.05) is 19.6 Å².